The van der Waals surface area contributed by atoms with Crippen molar-refractivity contribution in [2.24, 2.45) is 0 Å². The summed E-state index contributed by atoms with van der Waals surface area (Å²) in [4.78, 5) is 24.3. The number of benzene rings is 3. The number of hydrogen-bond acceptors (Lipinski definition) is 3. The highest BCUT2D eigenvalue weighted by Gasteiger charge is 2.09. The van der Waals surface area contributed by atoms with Crippen molar-refractivity contribution in [2.75, 3.05) is 0 Å². The van der Waals surface area contributed by atoms with Gasteiger partial charge in [0.15, 0.2) is 5.11 Å². The van der Waals surface area contributed by atoms with Gasteiger partial charge < -0.3 is 0 Å². The summed E-state index contributed by atoms with van der Waals surface area (Å²) in [5.74, 6) is -0.703. The summed E-state index contributed by atoms with van der Waals surface area (Å²) in [5, 5.41) is 2.53. The molecule has 0 bridgehead atoms. The molecule has 28 heavy (non-hydrogen) atoms. The predicted molar refractivity (Wildman–Crippen MR) is 114 cm³/mol. The van der Waals surface area contributed by atoms with E-state index in [-0.39, 0.29) is 16.9 Å². The van der Waals surface area contributed by atoms with E-state index in [1.165, 1.54) is 0 Å². The van der Waals surface area contributed by atoms with Crippen LogP contribution >= 0.6 is 12.2 Å². The molecule has 5 nitrogen and oxygen atoms in total. The molecule has 0 saturated heterocycles. The molecule has 0 aliphatic heterocycles. The van der Waals surface area contributed by atoms with Gasteiger partial charge in [-0.1, -0.05) is 60.2 Å². The van der Waals surface area contributed by atoms with Crippen LogP contribution in [-0.2, 0) is 0 Å². The lowest BCUT2D eigenvalue weighted by Gasteiger charge is -2.11. The third kappa shape index (κ3) is 5.02. The molecule has 0 aliphatic rings. The molecule has 3 N–H and O–H groups in total. The Bertz CT molecular complexity index is 985. The minimum Gasteiger partial charge on any atom is -0.298 e. The van der Waals surface area contributed by atoms with Gasteiger partial charge in [0.1, 0.15) is 0 Å². The van der Waals surface area contributed by atoms with Crippen LogP contribution in [0.25, 0.3) is 11.1 Å². The first kappa shape index (κ1) is 19.3. The number of nitrogens with one attached hydrogen (secondary N) is 3. The number of carbonyl (C=O) groups excluding carboxylic acids is 2. The maximum atomic E-state index is 12.2. The summed E-state index contributed by atoms with van der Waals surface area (Å²) in [7, 11) is 0. The van der Waals surface area contributed by atoms with Crippen LogP contribution in [0.2, 0.25) is 0 Å². The smallest absolute Gasteiger partial charge is 0.269 e. The molecule has 140 valence electrons. The Balaban J connectivity index is 1.52. The van der Waals surface area contributed by atoms with Gasteiger partial charge in [0.2, 0.25) is 0 Å². The first-order valence-corrected chi connectivity index (χ1v) is 9.07. The zero-order valence-corrected chi connectivity index (χ0v) is 16.0. The Morgan fingerprint density at radius 3 is 1.86 bits per heavy atom. The Labute approximate surface area is 168 Å². The minimum atomic E-state index is -0.355. The summed E-state index contributed by atoms with van der Waals surface area (Å²) in [5.41, 5.74) is 9.13. The minimum absolute atomic E-state index is 0.0137. The van der Waals surface area contributed by atoms with Crippen molar-refractivity contribution in [3.05, 3.63) is 95.6 Å². The fourth-order valence-electron chi connectivity index (χ4n) is 2.54. The van der Waals surface area contributed by atoms with Crippen LogP contribution in [0.4, 0.5) is 0 Å². The molecular weight excluding hydrogens is 370 g/mol. The van der Waals surface area contributed by atoms with Gasteiger partial charge in [0.25, 0.3) is 11.8 Å². The molecule has 6 heteroatoms. The van der Waals surface area contributed by atoms with Gasteiger partial charge in [-0.2, -0.15) is 0 Å². The van der Waals surface area contributed by atoms with E-state index in [1.807, 2.05) is 61.5 Å². The first-order chi connectivity index (χ1) is 13.5. The van der Waals surface area contributed by atoms with Crippen molar-refractivity contribution >= 4 is 29.1 Å². The van der Waals surface area contributed by atoms with Gasteiger partial charge in [0, 0.05) is 11.1 Å². The third-order valence-corrected chi connectivity index (χ3v) is 4.29. The quantitative estimate of drug-likeness (QED) is 0.473. The number of rotatable bonds is 3. The second-order valence-corrected chi connectivity index (χ2v) is 6.58. The molecule has 3 aromatic rings. The second kappa shape index (κ2) is 8.92. The van der Waals surface area contributed by atoms with Crippen LogP contribution in [0.5, 0.6) is 0 Å². The largest absolute Gasteiger partial charge is 0.298 e. The lowest BCUT2D eigenvalue weighted by atomic mass is 10.0. The van der Waals surface area contributed by atoms with E-state index < -0.39 is 0 Å². The van der Waals surface area contributed by atoms with E-state index in [1.54, 1.807) is 24.3 Å². The number of aryl methyl sites for hydroxylation is 1. The fourth-order valence-corrected chi connectivity index (χ4v) is 2.69. The average molecular weight is 389 g/mol. The highest BCUT2D eigenvalue weighted by molar-refractivity contribution is 7.80. The Hall–Kier alpha value is -3.51. The van der Waals surface area contributed by atoms with Crippen molar-refractivity contribution in [3.63, 3.8) is 0 Å². The highest BCUT2D eigenvalue weighted by Crippen LogP contribution is 2.19. The normalized spacial score (nSPS) is 10.0. The molecular formula is C22H19N3O2S. The number of thiocarbonyl (C=S) groups is 1. The van der Waals surface area contributed by atoms with E-state index in [0.717, 1.165) is 16.7 Å². The molecule has 0 atom stereocenters. The highest BCUT2D eigenvalue weighted by atomic mass is 32.1. The fraction of sp³-hybridized carbons (Fsp3) is 0.0455. The molecule has 3 rings (SSSR count). The van der Waals surface area contributed by atoms with Gasteiger partial charge in [-0.3, -0.25) is 25.8 Å². The summed E-state index contributed by atoms with van der Waals surface area (Å²) in [6.45, 7) is 1.94. The molecule has 0 fully saturated rings. The van der Waals surface area contributed by atoms with Crippen LogP contribution in [0.15, 0.2) is 78.9 Å². The van der Waals surface area contributed by atoms with E-state index in [2.05, 4.69) is 16.2 Å². The molecule has 0 aliphatic carbocycles. The number of hydrogen-bond donors (Lipinski definition) is 3. The van der Waals surface area contributed by atoms with E-state index in [0.29, 0.717) is 11.1 Å². The maximum Gasteiger partial charge on any atom is 0.269 e. The van der Waals surface area contributed by atoms with Gasteiger partial charge in [-0.05, 0) is 54.5 Å². The van der Waals surface area contributed by atoms with E-state index in [4.69, 9.17) is 12.2 Å². The molecule has 2 amide bonds. The Morgan fingerprint density at radius 2 is 1.21 bits per heavy atom. The SMILES string of the molecule is Cc1ccc(C(=O)NC(=S)NNC(=O)c2ccc(-c3ccccc3)cc2)cc1. The topological polar surface area (TPSA) is 70.2 Å². The van der Waals surface area contributed by atoms with Crippen LogP contribution in [0.1, 0.15) is 26.3 Å². The lowest BCUT2D eigenvalue weighted by molar-refractivity contribution is 0.0934. The van der Waals surface area contributed by atoms with Gasteiger partial charge in [-0.25, -0.2) is 0 Å². The molecule has 0 unspecified atom stereocenters. The molecule has 0 radical (unpaired) electrons. The third-order valence-electron chi connectivity index (χ3n) is 4.08. The first-order valence-electron chi connectivity index (χ1n) is 8.67. The predicted octanol–water partition coefficient (Wildman–Crippen LogP) is 3.61. The Morgan fingerprint density at radius 1 is 0.679 bits per heavy atom. The summed E-state index contributed by atoms with van der Waals surface area (Å²) < 4.78 is 0. The number of carbonyl (C=O) groups is 2. The van der Waals surface area contributed by atoms with Crippen LogP contribution in [0, 0.1) is 6.92 Å². The van der Waals surface area contributed by atoms with E-state index >= 15 is 0 Å². The molecule has 0 aromatic heterocycles. The van der Waals surface area contributed by atoms with Crippen LogP contribution in [0.3, 0.4) is 0 Å². The second-order valence-electron chi connectivity index (χ2n) is 6.17. The molecule has 0 heterocycles. The van der Waals surface area contributed by atoms with Crippen molar-refractivity contribution in [2.45, 2.75) is 6.92 Å². The maximum absolute atomic E-state index is 12.2. The molecule has 3 aromatic carbocycles. The number of hydrazine groups is 1. The standard InChI is InChI=1S/C22H19N3O2S/c1-15-7-9-18(10-8-15)20(26)23-22(28)25-24-21(27)19-13-11-17(12-14-19)16-5-3-2-4-6-16/h2-14H,1H3,(H,24,27)(H2,23,25,26,28). The lowest BCUT2D eigenvalue weighted by Crippen LogP contribution is -2.48. The number of amides is 2. The zero-order chi connectivity index (χ0) is 19.9. The van der Waals surface area contributed by atoms with Gasteiger partial charge >= 0.3 is 0 Å². The average Bonchev–Trinajstić information content (AvgIpc) is 2.73. The summed E-state index contributed by atoms with van der Waals surface area (Å²) >= 11 is 5.05. The van der Waals surface area contributed by atoms with Crippen molar-refractivity contribution in [1.82, 2.24) is 16.2 Å². The van der Waals surface area contributed by atoms with Gasteiger partial charge in [0.05, 0.1) is 0 Å². The van der Waals surface area contributed by atoms with Crippen LogP contribution < -0.4 is 16.2 Å². The molecule has 0 saturated carbocycles. The van der Waals surface area contributed by atoms with Crippen molar-refractivity contribution in [3.8, 4) is 11.1 Å². The zero-order valence-electron chi connectivity index (χ0n) is 15.2. The monoisotopic (exact) mass is 389 g/mol. The summed E-state index contributed by atoms with van der Waals surface area (Å²) in [6, 6.07) is 24.2. The summed E-state index contributed by atoms with van der Waals surface area (Å²) in [6.07, 6.45) is 0. The van der Waals surface area contributed by atoms with E-state index in [9.17, 15) is 9.59 Å². The van der Waals surface area contributed by atoms with Crippen molar-refractivity contribution in [1.29, 1.82) is 0 Å². The van der Waals surface area contributed by atoms with Crippen LogP contribution in [-0.4, -0.2) is 16.9 Å². The molecule has 0 spiro atoms. The van der Waals surface area contributed by atoms with Crippen molar-refractivity contribution < 1.29 is 9.59 Å². The van der Waals surface area contributed by atoms with Gasteiger partial charge in [-0.15, -0.1) is 0 Å². The Kier molecular flexibility index (Phi) is 6.14.